The minimum absolute atomic E-state index is 0.549. The number of pyridine rings is 1. The summed E-state index contributed by atoms with van der Waals surface area (Å²) in [7, 11) is 2.12. The molecule has 0 bridgehead atoms. The van der Waals surface area contributed by atoms with E-state index in [2.05, 4.69) is 43.0 Å². The van der Waals surface area contributed by atoms with Gasteiger partial charge in [-0.05, 0) is 38.3 Å². The maximum Gasteiger partial charge on any atom is 0.152 e. The van der Waals surface area contributed by atoms with Crippen LogP contribution in [0.4, 0.5) is 11.5 Å². The van der Waals surface area contributed by atoms with E-state index in [9.17, 15) is 0 Å². The highest BCUT2D eigenvalue weighted by molar-refractivity contribution is 5.71. The van der Waals surface area contributed by atoms with Crippen LogP contribution in [-0.2, 0) is 0 Å². The summed E-state index contributed by atoms with van der Waals surface area (Å²) < 4.78 is 0. The summed E-state index contributed by atoms with van der Waals surface area (Å²) in [6.45, 7) is 7.55. The van der Waals surface area contributed by atoms with Gasteiger partial charge < -0.3 is 10.2 Å². The first kappa shape index (κ1) is 10.3. The summed E-state index contributed by atoms with van der Waals surface area (Å²) in [4.78, 5) is 6.80. The molecule has 15 heavy (non-hydrogen) atoms. The third-order valence-electron chi connectivity index (χ3n) is 3.43. The lowest BCUT2D eigenvalue weighted by molar-refractivity contribution is 0.652. The average Bonchev–Trinajstić information content (AvgIpc) is 2.35. The van der Waals surface area contributed by atoms with Crippen LogP contribution in [0.2, 0.25) is 0 Å². The second-order valence-corrected chi connectivity index (χ2v) is 4.44. The van der Waals surface area contributed by atoms with Gasteiger partial charge >= 0.3 is 0 Å². The zero-order valence-electron chi connectivity index (χ0n) is 9.96. The molecule has 82 valence electrons. The summed E-state index contributed by atoms with van der Waals surface area (Å²) in [6, 6.07) is 0.549. The molecule has 1 unspecified atom stereocenters. The Labute approximate surface area is 91.5 Å². The molecule has 0 radical (unpaired) electrons. The van der Waals surface area contributed by atoms with Gasteiger partial charge in [-0.2, -0.15) is 0 Å². The van der Waals surface area contributed by atoms with Crippen molar-refractivity contribution in [2.75, 3.05) is 23.8 Å². The number of nitrogens with zero attached hydrogens (tertiary/aromatic N) is 2. The van der Waals surface area contributed by atoms with Crippen LogP contribution in [0.5, 0.6) is 0 Å². The smallest absolute Gasteiger partial charge is 0.152 e. The molecule has 1 aromatic heterocycles. The number of aromatic nitrogens is 1. The van der Waals surface area contributed by atoms with Gasteiger partial charge in [-0.3, -0.25) is 0 Å². The van der Waals surface area contributed by atoms with Crippen molar-refractivity contribution in [3.63, 3.8) is 0 Å². The quantitative estimate of drug-likeness (QED) is 0.704. The fourth-order valence-electron chi connectivity index (χ4n) is 1.97. The Morgan fingerprint density at radius 1 is 1.47 bits per heavy atom. The Balaban J connectivity index is 2.53. The molecule has 0 saturated heterocycles. The third-order valence-corrected chi connectivity index (χ3v) is 3.43. The predicted molar refractivity (Wildman–Crippen MR) is 64.7 cm³/mol. The number of rotatable bonds is 0. The van der Waals surface area contributed by atoms with Crippen LogP contribution in [0.15, 0.2) is 6.20 Å². The third kappa shape index (κ3) is 1.66. The number of anilines is 2. The van der Waals surface area contributed by atoms with Crippen molar-refractivity contribution in [2.45, 2.75) is 33.2 Å². The van der Waals surface area contributed by atoms with E-state index < -0.39 is 0 Å². The molecule has 1 atom stereocenters. The fraction of sp³-hybridized carbons (Fsp3) is 0.583. The highest BCUT2D eigenvalue weighted by Gasteiger charge is 2.20. The zero-order chi connectivity index (χ0) is 11.0. The van der Waals surface area contributed by atoms with Gasteiger partial charge in [-0.25, -0.2) is 4.98 Å². The van der Waals surface area contributed by atoms with E-state index in [1.54, 1.807) is 0 Å². The minimum atomic E-state index is 0.549. The van der Waals surface area contributed by atoms with E-state index in [4.69, 9.17) is 0 Å². The zero-order valence-corrected chi connectivity index (χ0v) is 9.96. The summed E-state index contributed by atoms with van der Waals surface area (Å²) in [5, 5.41) is 3.49. The molecule has 0 aliphatic carbocycles. The van der Waals surface area contributed by atoms with Crippen LogP contribution in [0, 0.1) is 13.8 Å². The second-order valence-electron chi connectivity index (χ2n) is 4.44. The lowest BCUT2D eigenvalue weighted by Gasteiger charge is -2.24. The van der Waals surface area contributed by atoms with Gasteiger partial charge in [0.15, 0.2) is 5.82 Å². The first-order valence-corrected chi connectivity index (χ1v) is 5.54. The van der Waals surface area contributed by atoms with Gasteiger partial charge in [0.25, 0.3) is 0 Å². The van der Waals surface area contributed by atoms with E-state index in [1.165, 1.54) is 16.8 Å². The Morgan fingerprint density at radius 2 is 2.20 bits per heavy atom. The highest BCUT2D eigenvalue weighted by atomic mass is 15.2. The summed E-state index contributed by atoms with van der Waals surface area (Å²) >= 11 is 0. The number of hydrogen-bond acceptors (Lipinski definition) is 3. The van der Waals surface area contributed by atoms with Crippen LogP contribution < -0.4 is 10.2 Å². The predicted octanol–water partition coefficient (Wildman–Crippen LogP) is 2.34. The molecule has 3 heteroatoms. The van der Waals surface area contributed by atoms with Gasteiger partial charge in [-0.1, -0.05) is 0 Å². The molecule has 1 aliphatic rings. The second kappa shape index (κ2) is 3.72. The molecule has 2 rings (SSSR count). The Kier molecular flexibility index (Phi) is 2.55. The lowest BCUT2D eigenvalue weighted by Crippen LogP contribution is -2.28. The van der Waals surface area contributed by atoms with Crippen molar-refractivity contribution >= 4 is 11.5 Å². The molecule has 0 saturated carbocycles. The number of fused-ring (bicyclic) bond motifs is 1. The molecule has 0 fully saturated rings. The first-order chi connectivity index (χ1) is 7.11. The van der Waals surface area contributed by atoms with Crippen molar-refractivity contribution in [2.24, 2.45) is 0 Å². The monoisotopic (exact) mass is 205 g/mol. The fourth-order valence-corrected chi connectivity index (χ4v) is 1.97. The van der Waals surface area contributed by atoms with Gasteiger partial charge in [0, 0.05) is 25.8 Å². The molecular weight excluding hydrogens is 186 g/mol. The van der Waals surface area contributed by atoms with E-state index in [1.807, 2.05) is 6.20 Å². The standard InChI is InChI=1S/C12H19N3/c1-8-7-14-12-11(10(8)3)13-6-5-9(2)15(12)4/h7,9,13H,5-6H2,1-4H3. The summed E-state index contributed by atoms with van der Waals surface area (Å²) in [6.07, 6.45) is 3.12. The van der Waals surface area contributed by atoms with Gasteiger partial charge in [-0.15, -0.1) is 0 Å². The molecular formula is C12H19N3. The van der Waals surface area contributed by atoms with Gasteiger partial charge in [0.05, 0.1) is 5.69 Å². The van der Waals surface area contributed by atoms with Crippen LogP contribution in [0.1, 0.15) is 24.5 Å². The molecule has 1 aromatic rings. The molecule has 3 nitrogen and oxygen atoms in total. The topological polar surface area (TPSA) is 28.2 Å². The first-order valence-electron chi connectivity index (χ1n) is 5.54. The van der Waals surface area contributed by atoms with Crippen molar-refractivity contribution in [3.05, 3.63) is 17.3 Å². The van der Waals surface area contributed by atoms with E-state index >= 15 is 0 Å². The molecule has 0 amide bonds. The number of aryl methyl sites for hydroxylation is 1. The average molecular weight is 205 g/mol. The van der Waals surface area contributed by atoms with Crippen LogP contribution >= 0.6 is 0 Å². The summed E-state index contributed by atoms with van der Waals surface area (Å²) in [5.74, 6) is 1.09. The van der Waals surface area contributed by atoms with E-state index in [0.29, 0.717) is 6.04 Å². The molecule has 1 aliphatic heterocycles. The van der Waals surface area contributed by atoms with Crippen molar-refractivity contribution < 1.29 is 0 Å². The Morgan fingerprint density at radius 3 is 2.93 bits per heavy atom. The van der Waals surface area contributed by atoms with Crippen LogP contribution in [0.25, 0.3) is 0 Å². The van der Waals surface area contributed by atoms with Crippen LogP contribution in [-0.4, -0.2) is 24.6 Å². The van der Waals surface area contributed by atoms with E-state index in [0.717, 1.165) is 18.8 Å². The minimum Gasteiger partial charge on any atom is -0.382 e. The largest absolute Gasteiger partial charge is 0.382 e. The molecule has 2 heterocycles. The van der Waals surface area contributed by atoms with Crippen molar-refractivity contribution in [1.29, 1.82) is 0 Å². The highest BCUT2D eigenvalue weighted by Crippen LogP contribution is 2.31. The molecule has 1 N–H and O–H groups in total. The van der Waals surface area contributed by atoms with Crippen LogP contribution in [0.3, 0.4) is 0 Å². The molecule has 0 aromatic carbocycles. The maximum absolute atomic E-state index is 4.53. The normalized spacial score (nSPS) is 20.5. The van der Waals surface area contributed by atoms with E-state index in [-0.39, 0.29) is 0 Å². The maximum atomic E-state index is 4.53. The lowest BCUT2D eigenvalue weighted by atomic mass is 10.1. The molecule has 0 spiro atoms. The number of hydrogen-bond donors (Lipinski definition) is 1. The number of nitrogens with one attached hydrogen (secondary N) is 1. The Bertz CT molecular complexity index is 373. The van der Waals surface area contributed by atoms with Gasteiger partial charge in [0.1, 0.15) is 0 Å². The van der Waals surface area contributed by atoms with Crippen molar-refractivity contribution in [1.82, 2.24) is 4.98 Å². The Hall–Kier alpha value is -1.25. The summed E-state index contributed by atoms with van der Waals surface area (Å²) in [5.41, 5.74) is 3.78. The SMILES string of the molecule is Cc1cnc2c(c1C)NCCC(C)N2C. The van der Waals surface area contributed by atoms with Crippen molar-refractivity contribution in [3.8, 4) is 0 Å². The van der Waals surface area contributed by atoms with Gasteiger partial charge in [0.2, 0.25) is 0 Å².